The maximum Gasteiger partial charge on any atom is 0.240 e. The Hall–Kier alpha value is -0.0300. The predicted octanol–water partition coefficient (Wildman–Crippen LogP) is 1.72. The van der Waals surface area contributed by atoms with Crippen LogP contribution >= 0.6 is 24.8 Å². The second-order valence-corrected chi connectivity index (χ2v) is 6.15. The number of amides is 1. The van der Waals surface area contributed by atoms with Crippen LogP contribution in [-0.4, -0.2) is 48.1 Å². The summed E-state index contributed by atoms with van der Waals surface area (Å²) in [7, 11) is 0. The van der Waals surface area contributed by atoms with Gasteiger partial charge in [0.2, 0.25) is 5.91 Å². The molecule has 2 N–H and O–H groups in total. The molecule has 3 fully saturated rings. The zero-order valence-electron chi connectivity index (χ0n) is 12.2. The normalized spacial score (nSPS) is 33.4. The van der Waals surface area contributed by atoms with Crippen molar-refractivity contribution in [1.82, 2.24) is 15.5 Å². The van der Waals surface area contributed by atoms with Crippen LogP contribution in [-0.2, 0) is 4.79 Å². The van der Waals surface area contributed by atoms with E-state index in [2.05, 4.69) is 22.5 Å². The summed E-state index contributed by atoms with van der Waals surface area (Å²) in [6.07, 6.45) is 6.87. The van der Waals surface area contributed by atoms with Gasteiger partial charge in [-0.15, -0.1) is 24.8 Å². The van der Waals surface area contributed by atoms with Gasteiger partial charge in [0.05, 0.1) is 5.54 Å². The van der Waals surface area contributed by atoms with Crippen molar-refractivity contribution in [2.24, 2.45) is 0 Å². The molecule has 2 saturated heterocycles. The molecule has 0 aromatic heterocycles. The van der Waals surface area contributed by atoms with Gasteiger partial charge in [-0.1, -0.05) is 6.92 Å². The van der Waals surface area contributed by atoms with E-state index in [1.165, 1.54) is 19.4 Å². The number of carbonyl (C=O) groups excluding carboxylic acids is 1. The molecule has 6 heteroatoms. The highest BCUT2D eigenvalue weighted by molar-refractivity contribution is 5.87. The number of nitrogens with zero attached hydrogens (tertiary/aromatic N) is 1. The van der Waals surface area contributed by atoms with Crippen LogP contribution in [0.15, 0.2) is 0 Å². The van der Waals surface area contributed by atoms with Crippen LogP contribution < -0.4 is 10.6 Å². The van der Waals surface area contributed by atoms with Gasteiger partial charge in [0.1, 0.15) is 0 Å². The van der Waals surface area contributed by atoms with E-state index in [4.69, 9.17) is 0 Å². The Balaban J connectivity index is 0.000001000. The molecule has 0 aromatic rings. The predicted molar refractivity (Wildman–Crippen MR) is 85.9 cm³/mol. The van der Waals surface area contributed by atoms with Crippen molar-refractivity contribution in [1.29, 1.82) is 0 Å². The fourth-order valence-corrected chi connectivity index (χ4v) is 3.46. The molecule has 1 saturated carbocycles. The monoisotopic (exact) mass is 323 g/mol. The zero-order valence-corrected chi connectivity index (χ0v) is 13.8. The van der Waals surface area contributed by atoms with Crippen LogP contribution in [0.1, 0.15) is 45.4 Å². The van der Waals surface area contributed by atoms with Crippen LogP contribution in [0.4, 0.5) is 0 Å². The van der Waals surface area contributed by atoms with Gasteiger partial charge in [-0.2, -0.15) is 0 Å². The lowest BCUT2D eigenvalue weighted by Crippen LogP contribution is -2.55. The van der Waals surface area contributed by atoms with Crippen LogP contribution in [0, 0.1) is 0 Å². The van der Waals surface area contributed by atoms with Gasteiger partial charge in [0.25, 0.3) is 0 Å². The SMILES string of the molecule is CCC1(C(=O)NC2CCN(C3CC3)C2)CCCN1.Cl.Cl. The molecule has 1 aliphatic carbocycles. The van der Waals surface area contributed by atoms with Crippen molar-refractivity contribution in [2.45, 2.75) is 63.1 Å². The van der Waals surface area contributed by atoms with Crippen molar-refractivity contribution in [3.8, 4) is 0 Å². The molecule has 2 aliphatic heterocycles. The van der Waals surface area contributed by atoms with Crippen molar-refractivity contribution in [3.63, 3.8) is 0 Å². The Morgan fingerprint density at radius 1 is 1.35 bits per heavy atom. The Morgan fingerprint density at radius 3 is 2.65 bits per heavy atom. The average molecular weight is 324 g/mol. The second-order valence-electron chi connectivity index (χ2n) is 6.15. The molecule has 0 aromatic carbocycles. The Labute approximate surface area is 134 Å². The van der Waals surface area contributed by atoms with Crippen molar-refractivity contribution in [2.75, 3.05) is 19.6 Å². The number of halogens is 2. The fraction of sp³-hybridized carbons (Fsp3) is 0.929. The van der Waals surface area contributed by atoms with Crippen molar-refractivity contribution >= 4 is 30.7 Å². The van der Waals surface area contributed by atoms with E-state index < -0.39 is 0 Å². The highest BCUT2D eigenvalue weighted by atomic mass is 35.5. The Bertz CT molecular complexity index is 330. The molecule has 2 atom stereocenters. The summed E-state index contributed by atoms with van der Waals surface area (Å²) < 4.78 is 0. The van der Waals surface area contributed by atoms with Crippen molar-refractivity contribution < 1.29 is 4.79 Å². The number of hydrogen-bond acceptors (Lipinski definition) is 3. The summed E-state index contributed by atoms with van der Waals surface area (Å²) in [5.41, 5.74) is -0.271. The fourth-order valence-electron chi connectivity index (χ4n) is 3.46. The van der Waals surface area contributed by atoms with Crippen LogP contribution in [0.2, 0.25) is 0 Å². The van der Waals surface area contributed by atoms with Crippen LogP contribution in [0.25, 0.3) is 0 Å². The average Bonchev–Trinajstić information content (AvgIpc) is 2.93. The summed E-state index contributed by atoms with van der Waals surface area (Å²) in [5.74, 6) is 0.241. The minimum absolute atomic E-state index is 0. The number of carbonyl (C=O) groups is 1. The highest BCUT2D eigenvalue weighted by Gasteiger charge is 2.41. The molecule has 2 unspecified atom stereocenters. The lowest BCUT2D eigenvalue weighted by atomic mass is 9.93. The molecule has 3 rings (SSSR count). The standard InChI is InChI=1S/C14H25N3O.2ClH/c1-2-14(7-3-8-15-14)13(18)16-11-6-9-17(10-11)12-4-5-12;;/h11-12,15H,2-10H2,1H3,(H,16,18);2*1H. The molecule has 4 nitrogen and oxygen atoms in total. The number of rotatable bonds is 4. The van der Waals surface area contributed by atoms with Gasteiger partial charge >= 0.3 is 0 Å². The third-order valence-corrected chi connectivity index (χ3v) is 4.90. The molecule has 1 amide bonds. The van der Waals surface area contributed by atoms with Gasteiger partial charge in [-0.05, 0) is 45.1 Å². The van der Waals surface area contributed by atoms with Crippen LogP contribution in [0.3, 0.4) is 0 Å². The van der Waals surface area contributed by atoms with Gasteiger partial charge < -0.3 is 10.6 Å². The van der Waals surface area contributed by atoms with Gasteiger partial charge in [-0.25, -0.2) is 0 Å². The molecule has 2 heterocycles. The molecule has 0 bridgehead atoms. The molecule has 20 heavy (non-hydrogen) atoms. The van der Waals surface area contributed by atoms with Crippen LogP contribution in [0.5, 0.6) is 0 Å². The topological polar surface area (TPSA) is 44.4 Å². The molecule has 0 spiro atoms. The lowest BCUT2D eigenvalue weighted by molar-refractivity contribution is -0.127. The second kappa shape index (κ2) is 7.30. The third-order valence-electron chi connectivity index (χ3n) is 4.90. The number of likely N-dealkylation sites (tertiary alicyclic amines) is 1. The Kier molecular flexibility index (Phi) is 6.58. The summed E-state index contributed by atoms with van der Waals surface area (Å²) in [6, 6.07) is 1.21. The number of hydrogen-bond donors (Lipinski definition) is 2. The zero-order chi connectivity index (χ0) is 12.6. The highest BCUT2D eigenvalue weighted by Crippen LogP contribution is 2.30. The molecular formula is C14H27Cl2N3O. The molecular weight excluding hydrogens is 297 g/mol. The summed E-state index contributed by atoms with van der Waals surface area (Å²) in [5, 5.41) is 6.70. The molecule has 3 aliphatic rings. The van der Waals surface area contributed by atoms with E-state index >= 15 is 0 Å². The first-order valence-electron chi connectivity index (χ1n) is 7.53. The van der Waals surface area contributed by atoms with E-state index in [0.717, 1.165) is 44.8 Å². The smallest absolute Gasteiger partial charge is 0.240 e. The van der Waals surface area contributed by atoms with Gasteiger partial charge in [0, 0.05) is 25.2 Å². The third kappa shape index (κ3) is 3.59. The first kappa shape index (κ1) is 18.0. The molecule has 118 valence electrons. The summed E-state index contributed by atoms with van der Waals surface area (Å²) in [6.45, 7) is 5.33. The van der Waals surface area contributed by atoms with E-state index in [-0.39, 0.29) is 36.3 Å². The van der Waals surface area contributed by atoms with E-state index in [1.54, 1.807) is 0 Å². The van der Waals surface area contributed by atoms with E-state index in [0.29, 0.717) is 6.04 Å². The molecule has 0 radical (unpaired) electrons. The van der Waals surface area contributed by atoms with Gasteiger partial charge in [-0.3, -0.25) is 9.69 Å². The first-order chi connectivity index (χ1) is 8.73. The maximum atomic E-state index is 12.5. The van der Waals surface area contributed by atoms with E-state index in [1.807, 2.05) is 0 Å². The first-order valence-corrected chi connectivity index (χ1v) is 7.53. The largest absolute Gasteiger partial charge is 0.350 e. The summed E-state index contributed by atoms with van der Waals surface area (Å²) >= 11 is 0. The van der Waals surface area contributed by atoms with Gasteiger partial charge in [0.15, 0.2) is 0 Å². The van der Waals surface area contributed by atoms with E-state index in [9.17, 15) is 4.79 Å². The minimum atomic E-state index is -0.271. The maximum absolute atomic E-state index is 12.5. The summed E-state index contributed by atoms with van der Waals surface area (Å²) in [4.78, 5) is 15.0. The Morgan fingerprint density at radius 2 is 2.10 bits per heavy atom. The lowest BCUT2D eigenvalue weighted by Gasteiger charge is -2.28. The quantitative estimate of drug-likeness (QED) is 0.828. The number of nitrogens with one attached hydrogen (secondary N) is 2. The minimum Gasteiger partial charge on any atom is -0.350 e. The van der Waals surface area contributed by atoms with Crippen molar-refractivity contribution in [3.05, 3.63) is 0 Å².